The molecule has 0 unspecified atom stereocenters. The monoisotopic (exact) mass is 678 g/mol. The topological polar surface area (TPSA) is 122 Å². The van der Waals surface area contributed by atoms with Crippen molar-refractivity contribution < 1.29 is 9.13 Å². The summed E-state index contributed by atoms with van der Waals surface area (Å²) in [5.41, 5.74) is -3.81. The third-order valence-corrected chi connectivity index (χ3v) is 14.8. The van der Waals surface area contributed by atoms with Crippen LogP contribution in [0.5, 0.6) is 0 Å². The maximum atomic E-state index is 15.9. The van der Waals surface area contributed by atoms with Gasteiger partial charge in [-0.3, -0.25) is 27.9 Å². The van der Waals surface area contributed by atoms with Crippen LogP contribution in [0.3, 0.4) is 0 Å². The molecule has 0 spiro atoms. The van der Waals surface area contributed by atoms with Gasteiger partial charge in [-0.1, -0.05) is 121 Å². The number of rotatable bonds is 7. The summed E-state index contributed by atoms with van der Waals surface area (Å²) in [5, 5.41) is 0.551. The highest BCUT2D eigenvalue weighted by molar-refractivity contribution is 7.86. The molecule has 6 aromatic rings. The molecular formula is C36H32N4O6P2. The lowest BCUT2D eigenvalue weighted by Crippen LogP contribution is -2.53. The van der Waals surface area contributed by atoms with Gasteiger partial charge in [-0.2, -0.15) is 0 Å². The summed E-state index contributed by atoms with van der Waals surface area (Å²) in [4.78, 5) is 56.6. The molecule has 0 aliphatic rings. The first kappa shape index (κ1) is 32.6. The first-order valence-corrected chi connectivity index (χ1v) is 18.4. The highest BCUT2D eigenvalue weighted by Crippen LogP contribution is 2.46. The summed E-state index contributed by atoms with van der Waals surface area (Å²) in [5.74, 6) is 0. The highest BCUT2D eigenvalue weighted by Gasteiger charge is 2.43. The Morgan fingerprint density at radius 2 is 0.604 bits per heavy atom. The molecular weight excluding hydrogens is 646 g/mol. The molecule has 242 valence electrons. The Hall–Kier alpha value is -5.30. The number of aromatic nitrogens is 4. The Morgan fingerprint density at radius 1 is 0.375 bits per heavy atom. The SMILES string of the molecule is Cn1c(-c2c(P(=O)(c3ccccc3)c3ccccc3)c(=O)n(C)c(=O)n2C)c(P(=O)(c2ccccc2)c2ccccc2)c(=O)n(C)c1=O. The number of benzene rings is 4. The summed E-state index contributed by atoms with van der Waals surface area (Å²) in [6.07, 6.45) is 0. The fourth-order valence-electron chi connectivity index (χ4n) is 6.13. The van der Waals surface area contributed by atoms with E-state index in [0.717, 1.165) is 18.3 Å². The zero-order valence-electron chi connectivity index (χ0n) is 26.7. The summed E-state index contributed by atoms with van der Waals surface area (Å²) in [6, 6.07) is 33.5. The average molecular weight is 679 g/mol. The third-order valence-electron chi connectivity index (χ3n) is 8.61. The first-order chi connectivity index (χ1) is 23.0. The van der Waals surface area contributed by atoms with Crippen molar-refractivity contribution in [2.24, 2.45) is 28.2 Å². The van der Waals surface area contributed by atoms with Gasteiger partial charge in [0.2, 0.25) is 0 Å². The van der Waals surface area contributed by atoms with Crippen LogP contribution in [0.1, 0.15) is 0 Å². The molecule has 0 radical (unpaired) electrons. The number of hydrogen-bond donors (Lipinski definition) is 0. The minimum atomic E-state index is -4.18. The quantitative estimate of drug-likeness (QED) is 0.236. The van der Waals surface area contributed by atoms with Crippen LogP contribution in [-0.4, -0.2) is 18.3 Å². The Bertz CT molecular complexity index is 2260. The molecule has 0 saturated heterocycles. The van der Waals surface area contributed by atoms with Crippen molar-refractivity contribution >= 4 is 46.1 Å². The van der Waals surface area contributed by atoms with Crippen molar-refractivity contribution in [1.82, 2.24) is 18.3 Å². The molecule has 0 N–H and O–H groups in total. The van der Waals surface area contributed by atoms with E-state index < -0.39 is 36.8 Å². The molecule has 48 heavy (non-hydrogen) atoms. The van der Waals surface area contributed by atoms with Gasteiger partial charge in [0, 0.05) is 49.4 Å². The minimum Gasteiger partial charge on any atom is -0.308 e. The molecule has 4 aromatic carbocycles. The number of hydrogen-bond acceptors (Lipinski definition) is 6. The maximum Gasteiger partial charge on any atom is 0.331 e. The highest BCUT2D eigenvalue weighted by atomic mass is 31.2. The lowest BCUT2D eigenvalue weighted by Gasteiger charge is -2.28. The zero-order chi connectivity index (χ0) is 34.4. The summed E-state index contributed by atoms with van der Waals surface area (Å²) < 4.78 is 35.8. The Balaban J connectivity index is 1.93. The van der Waals surface area contributed by atoms with Crippen LogP contribution in [0.15, 0.2) is 141 Å². The Kier molecular flexibility index (Phi) is 8.42. The van der Waals surface area contributed by atoms with E-state index in [-0.39, 0.29) is 43.2 Å². The summed E-state index contributed by atoms with van der Waals surface area (Å²) in [7, 11) is -3.04. The van der Waals surface area contributed by atoms with E-state index in [4.69, 9.17) is 0 Å². The second-order valence-electron chi connectivity index (χ2n) is 11.4. The standard InChI is InChI=1S/C36H32N4O6P2/c1-37-29(31(33(41)39(3)35(37)43)47(45,25-17-9-5-10-18-25)26-19-11-6-12-20-26)30-32(34(42)40(4)36(44)38(30)2)48(46,27-21-13-7-14-22-27)28-23-15-8-16-24-28/h5-24H,1-4H3. The van der Waals surface area contributed by atoms with Crippen LogP contribution in [0.4, 0.5) is 0 Å². The van der Waals surface area contributed by atoms with Gasteiger partial charge in [0.1, 0.15) is 10.6 Å². The van der Waals surface area contributed by atoms with Gasteiger partial charge >= 0.3 is 11.4 Å². The Labute approximate surface area is 275 Å². The van der Waals surface area contributed by atoms with Crippen LogP contribution < -0.4 is 54.3 Å². The molecule has 0 atom stereocenters. The predicted octanol–water partition coefficient (Wildman–Crippen LogP) is 1.43. The fourth-order valence-corrected chi connectivity index (χ4v) is 12.1. The molecule has 12 heteroatoms. The second kappa shape index (κ2) is 12.4. The lowest BCUT2D eigenvalue weighted by molar-refractivity contribution is 0.589. The molecule has 2 heterocycles. The van der Waals surface area contributed by atoms with Crippen LogP contribution in [-0.2, 0) is 37.3 Å². The normalized spacial score (nSPS) is 11.8. The van der Waals surface area contributed by atoms with Crippen LogP contribution in [0.25, 0.3) is 11.4 Å². The van der Waals surface area contributed by atoms with Crippen molar-refractivity contribution in [3.05, 3.63) is 163 Å². The van der Waals surface area contributed by atoms with E-state index in [1.807, 2.05) is 0 Å². The van der Waals surface area contributed by atoms with Gasteiger partial charge < -0.3 is 9.13 Å². The molecule has 0 saturated carbocycles. The second-order valence-corrected chi connectivity index (χ2v) is 16.8. The van der Waals surface area contributed by atoms with Gasteiger partial charge in [0.05, 0.1) is 11.4 Å². The van der Waals surface area contributed by atoms with E-state index >= 15 is 9.13 Å². The van der Waals surface area contributed by atoms with E-state index in [1.54, 1.807) is 121 Å². The lowest BCUT2D eigenvalue weighted by atomic mass is 10.2. The molecule has 0 aliphatic heterocycles. The molecule has 2 aromatic heterocycles. The Morgan fingerprint density at radius 3 is 0.833 bits per heavy atom. The van der Waals surface area contributed by atoms with Crippen molar-refractivity contribution in [2.75, 3.05) is 0 Å². The molecule has 0 bridgehead atoms. The molecule has 0 aliphatic carbocycles. The fraction of sp³-hybridized carbons (Fsp3) is 0.111. The number of nitrogens with zero attached hydrogens (tertiary/aromatic N) is 4. The van der Waals surface area contributed by atoms with Crippen LogP contribution in [0, 0.1) is 0 Å². The molecule has 10 nitrogen and oxygen atoms in total. The van der Waals surface area contributed by atoms with Crippen molar-refractivity contribution in [3.8, 4) is 11.4 Å². The maximum absolute atomic E-state index is 15.9. The first-order valence-electron chi connectivity index (χ1n) is 15.0. The van der Waals surface area contributed by atoms with Gasteiger partial charge in [-0.15, -0.1) is 0 Å². The van der Waals surface area contributed by atoms with Gasteiger partial charge in [0.25, 0.3) is 11.1 Å². The summed E-state index contributed by atoms with van der Waals surface area (Å²) in [6.45, 7) is 0. The average Bonchev–Trinajstić information content (AvgIpc) is 3.13. The smallest absolute Gasteiger partial charge is 0.308 e. The van der Waals surface area contributed by atoms with E-state index in [9.17, 15) is 19.2 Å². The third kappa shape index (κ3) is 4.88. The summed E-state index contributed by atoms with van der Waals surface area (Å²) >= 11 is 0. The zero-order valence-corrected chi connectivity index (χ0v) is 28.5. The van der Waals surface area contributed by atoms with Crippen LogP contribution in [0.2, 0.25) is 0 Å². The van der Waals surface area contributed by atoms with E-state index in [0.29, 0.717) is 0 Å². The molecule has 0 fully saturated rings. The molecule has 6 rings (SSSR count). The van der Waals surface area contributed by atoms with Gasteiger partial charge in [-0.05, 0) is 0 Å². The van der Waals surface area contributed by atoms with E-state index in [2.05, 4.69) is 0 Å². The van der Waals surface area contributed by atoms with Crippen molar-refractivity contribution in [3.63, 3.8) is 0 Å². The van der Waals surface area contributed by atoms with E-state index in [1.165, 1.54) is 28.2 Å². The van der Waals surface area contributed by atoms with Crippen molar-refractivity contribution in [1.29, 1.82) is 0 Å². The predicted molar refractivity (Wildman–Crippen MR) is 192 cm³/mol. The van der Waals surface area contributed by atoms with Gasteiger partial charge in [-0.25, -0.2) is 9.59 Å². The molecule has 0 amide bonds. The minimum absolute atomic E-state index is 0.237. The largest absolute Gasteiger partial charge is 0.331 e. The van der Waals surface area contributed by atoms with Crippen molar-refractivity contribution in [2.45, 2.75) is 0 Å². The van der Waals surface area contributed by atoms with Gasteiger partial charge in [0.15, 0.2) is 14.3 Å². The van der Waals surface area contributed by atoms with Crippen LogP contribution >= 0.6 is 14.3 Å².